The second-order valence-corrected chi connectivity index (χ2v) is 17.0. The van der Waals surface area contributed by atoms with Crippen molar-refractivity contribution in [1.29, 1.82) is 0 Å². The first-order valence-electron chi connectivity index (χ1n) is 17.2. The van der Waals surface area contributed by atoms with Crippen LogP contribution >= 0.6 is 48.0 Å². The molecule has 0 nitrogen and oxygen atoms in total. The van der Waals surface area contributed by atoms with Gasteiger partial charge in [-0.25, -0.2) is 12.2 Å². The summed E-state index contributed by atoms with van der Waals surface area (Å²) < 4.78 is 1.31. The molecule has 0 aliphatic heterocycles. The van der Waals surface area contributed by atoms with Crippen LogP contribution < -0.4 is 0 Å². The predicted octanol–water partition coefficient (Wildman–Crippen LogP) is 14.2. The van der Waals surface area contributed by atoms with Crippen molar-refractivity contribution in [3.8, 4) is 11.1 Å². The number of halogens is 4. The second-order valence-electron chi connectivity index (χ2n) is 15.0. The van der Waals surface area contributed by atoms with E-state index in [0.29, 0.717) is 0 Å². The summed E-state index contributed by atoms with van der Waals surface area (Å²) in [6.45, 7) is 13.6. The molecule has 52 heavy (non-hydrogen) atoms. The number of hydrogen-bond acceptors (Lipinski definition) is 0. The Morgan fingerprint density at radius 1 is 0.635 bits per heavy atom. The van der Waals surface area contributed by atoms with Gasteiger partial charge in [0, 0.05) is 0 Å². The van der Waals surface area contributed by atoms with E-state index in [-0.39, 0.29) is 35.6 Å². The van der Waals surface area contributed by atoms with Crippen LogP contribution in [-0.2, 0) is 41.5 Å². The van der Waals surface area contributed by atoms with Gasteiger partial charge in [0.05, 0.1) is 0 Å². The van der Waals surface area contributed by atoms with E-state index in [2.05, 4.69) is 139 Å². The number of rotatable bonds is 2. The van der Waals surface area contributed by atoms with E-state index in [1.54, 1.807) is 0 Å². The van der Waals surface area contributed by atoms with Crippen molar-refractivity contribution in [1.82, 2.24) is 0 Å². The molecule has 2 aliphatic carbocycles. The van der Waals surface area contributed by atoms with Crippen LogP contribution in [0.3, 0.4) is 0 Å². The van der Waals surface area contributed by atoms with Crippen LogP contribution in [0.4, 0.5) is 0 Å². The molecular formula is C47H44Cl4Zr. The van der Waals surface area contributed by atoms with Gasteiger partial charge in [0.1, 0.15) is 0 Å². The zero-order valence-electron chi connectivity index (χ0n) is 30.5. The van der Waals surface area contributed by atoms with Crippen molar-refractivity contribution >= 4 is 72.8 Å². The summed E-state index contributed by atoms with van der Waals surface area (Å²) in [4.78, 5) is 0. The van der Waals surface area contributed by atoms with Gasteiger partial charge in [-0.15, -0.1) is 36.8 Å². The zero-order chi connectivity index (χ0) is 35.6. The molecule has 0 N–H and O–H groups in total. The van der Waals surface area contributed by atoms with Crippen molar-refractivity contribution in [3.05, 3.63) is 177 Å². The van der Waals surface area contributed by atoms with Crippen LogP contribution in [0, 0.1) is 12.1 Å². The molecule has 8 rings (SSSR count). The zero-order valence-corrected chi connectivity index (χ0v) is 36.1. The summed E-state index contributed by atoms with van der Waals surface area (Å²) in [5.74, 6) is 0. The van der Waals surface area contributed by atoms with Crippen molar-refractivity contribution < 1.29 is 24.2 Å². The molecule has 0 bridgehead atoms. The minimum absolute atomic E-state index is 0. The maximum Gasteiger partial charge on any atom is -0.109 e. The predicted molar refractivity (Wildman–Crippen MR) is 228 cm³/mol. The van der Waals surface area contributed by atoms with Gasteiger partial charge in [-0.3, -0.25) is 6.08 Å². The molecule has 0 heterocycles. The van der Waals surface area contributed by atoms with E-state index < -0.39 is 0 Å². The van der Waals surface area contributed by atoms with E-state index in [0.717, 1.165) is 33.7 Å². The van der Waals surface area contributed by atoms with Crippen LogP contribution in [0.5, 0.6) is 0 Å². The third-order valence-corrected chi connectivity index (χ3v) is 11.4. The van der Waals surface area contributed by atoms with Crippen molar-refractivity contribution in [3.63, 3.8) is 0 Å². The Labute approximate surface area is 347 Å². The fourth-order valence-corrected chi connectivity index (χ4v) is 8.00. The Morgan fingerprint density at radius 2 is 1.15 bits per heavy atom. The summed E-state index contributed by atoms with van der Waals surface area (Å²) in [7, 11) is 0. The molecule has 2 aliphatic rings. The molecule has 5 heteroatoms. The minimum Gasteiger partial charge on any atom is -0.273 e. The molecule has 0 unspecified atom stereocenters. The Bertz CT molecular complexity index is 2120. The maximum atomic E-state index is 6.38. The van der Waals surface area contributed by atoms with Crippen molar-refractivity contribution in [2.75, 3.05) is 0 Å². The number of benzene rings is 6. The monoisotopic (exact) mass is 838 g/mol. The molecule has 264 valence electrons. The van der Waals surface area contributed by atoms with Crippen LogP contribution in [0.2, 0.25) is 10.0 Å². The molecule has 0 saturated heterocycles. The topological polar surface area (TPSA) is 0 Å². The standard InChI is InChI=1S/C21H12Cl2.C21H25.C5H5.2ClH.Zr/c22-20-11-3-7-16-14(5-1-9-18(16)20)13-15-6-2-10-19-17(15)8-4-12-21(19)23;1-20(2,3)16-9-7-14-11-15-8-10-17(21(4,5)6)13-19(15)18(14)12-16;1-2-4-5-3-1;;;/h1-12H;7,9-10,12-13H,11H2,1-6H3;1-3H,4H2;2*1H;/q;2*-1;;;+2. The van der Waals surface area contributed by atoms with Crippen molar-refractivity contribution in [2.45, 2.75) is 65.2 Å². The Balaban J connectivity index is 0.000000199. The Hall–Kier alpha value is -2.77. The van der Waals surface area contributed by atoms with Crippen LogP contribution in [0.15, 0.2) is 121 Å². The number of fused-ring (bicyclic) bond motifs is 5. The van der Waals surface area contributed by atoms with Gasteiger partial charge < -0.3 is 0 Å². The van der Waals surface area contributed by atoms with E-state index in [4.69, 9.17) is 23.2 Å². The van der Waals surface area contributed by atoms with Gasteiger partial charge in [-0.05, 0) is 17.4 Å². The van der Waals surface area contributed by atoms with Gasteiger partial charge in [0.25, 0.3) is 0 Å². The number of allylic oxidation sites excluding steroid dienone is 4. The summed E-state index contributed by atoms with van der Waals surface area (Å²) in [6.07, 6.45) is 11.0. The van der Waals surface area contributed by atoms with Gasteiger partial charge >= 0.3 is 166 Å². The molecule has 0 atom stereocenters. The maximum absolute atomic E-state index is 6.38. The van der Waals surface area contributed by atoms with E-state index in [9.17, 15) is 0 Å². The molecule has 6 aromatic rings. The van der Waals surface area contributed by atoms with E-state index >= 15 is 0 Å². The quantitative estimate of drug-likeness (QED) is 0.152. The summed E-state index contributed by atoms with van der Waals surface area (Å²) >= 11 is 14.1. The molecule has 0 spiro atoms. The van der Waals surface area contributed by atoms with Crippen molar-refractivity contribution in [2.24, 2.45) is 0 Å². The molecule has 0 saturated carbocycles. The third-order valence-electron chi connectivity index (χ3n) is 9.39. The summed E-state index contributed by atoms with van der Waals surface area (Å²) in [6, 6.07) is 39.9. The smallest absolute Gasteiger partial charge is 0.109 e. The summed E-state index contributed by atoms with van der Waals surface area (Å²) in [5.41, 5.74) is 11.2. The van der Waals surface area contributed by atoms with Gasteiger partial charge in [-0.2, -0.15) is 35.4 Å². The van der Waals surface area contributed by atoms with Crippen LogP contribution in [0.1, 0.15) is 81.3 Å². The molecular weight excluding hydrogens is 798 g/mol. The Morgan fingerprint density at radius 3 is 1.63 bits per heavy atom. The molecule has 0 fully saturated rings. The largest absolute Gasteiger partial charge is 0.273 e. The van der Waals surface area contributed by atoms with Gasteiger partial charge in [-0.1, -0.05) is 76.3 Å². The molecule has 0 amide bonds. The fourth-order valence-electron chi connectivity index (χ4n) is 6.45. The molecule has 6 aromatic carbocycles. The first-order chi connectivity index (χ1) is 23.8. The van der Waals surface area contributed by atoms with E-state index in [1.807, 2.05) is 36.4 Å². The number of hydrogen-bond donors (Lipinski definition) is 0. The minimum atomic E-state index is 0. The van der Waals surface area contributed by atoms with Gasteiger partial charge in [0.15, 0.2) is 0 Å². The summed E-state index contributed by atoms with van der Waals surface area (Å²) in [5, 5.41) is 6.15. The first kappa shape index (κ1) is 42.0. The van der Waals surface area contributed by atoms with Crippen LogP contribution in [-0.4, -0.2) is 3.21 Å². The normalized spacial score (nSPS) is 12.5. The first-order valence-corrected chi connectivity index (χ1v) is 19.2. The average molecular weight is 842 g/mol. The average Bonchev–Trinajstić information content (AvgIpc) is 3.79. The third kappa shape index (κ3) is 9.29. The Kier molecular flexibility index (Phi) is 14.2. The van der Waals surface area contributed by atoms with Crippen LogP contribution in [0.25, 0.3) is 32.7 Å². The molecule has 0 radical (unpaired) electrons. The van der Waals surface area contributed by atoms with Gasteiger partial charge in [0.2, 0.25) is 0 Å². The fraction of sp³-hybridized carbons (Fsp3) is 0.213. The molecule has 0 aromatic heterocycles. The second kappa shape index (κ2) is 17.6. The SMILES string of the molecule is CC(C)(C)c1c[c-]c2c(c1)-c1cc(C(C)(C)C)ccc1C2.Cl.Cl.Clc1cccc2c([C](=[Zr+2])c3cccc4c(Cl)cccc34)cccc12.[C-]1=CC=CC1. The van der Waals surface area contributed by atoms with E-state index in [1.165, 1.54) is 82.7 Å².